The fourth-order valence-electron chi connectivity index (χ4n) is 4.41. The van der Waals surface area contributed by atoms with Gasteiger partial charge in [0.1, 0.15) is 11.6 Å². The van der Waals surface area contributed by atoms with Gasteiger partial charge in [0.15, 0.2) is 0 Å². The van der Waals surface area contributed by atoms with Gasteiger partial charge in [-0.25, -0.2) is 9.97 Å². The highest BCUT2D eigenvalue weighted by atomic mass is 19.4. The zero-order valence-corrected chi connectivity index (χ0v) is 17.4. The van der Waals surface area contributed by atoms with Crippen molar-refractivity contribution in [3.05, 3.63) is 52.5 Å². The Morgan fingerprint density at radius 3 is 2.40 bits per heavy atom. The molecule has 0 radical (unpaired) electrons. The van der Waals surface area contributed by atoms with E-state index in [4.69, 9.17) is 15.7 Å². The van der Waals surface area contributed by atoms with Crippen molar-refractivity contribution in [2.24, 2.45) is 5.73 Å². The molecule has 1 saturated carbocycles. The van der Waals surface area contributed by atoms with Gasteiger partial charge in [-0.1, -0.05) is 25.1 Å². The van der Waals surface area contributed by atoms with Gasteiger partial charge in [-0.2, -0.15) is 13.2 Å². The van der Waals surface area contributed by atoms with Crippen LogP contribution in [-0.4, -0.2) is 29.6 Å². The molecule has 1 saturated heterocycles. The molecule has 1 aromatic carbocycles. The number of piperidine rings is 1. The molecular weight excluding hydrogens is 389 g/mol. The lowest BCUT2D eigenvalue weighted by Gasteiger charge is -2.35. The average Bonchev–Trinajstić information content (AvgIpc) is 3.59. The fraction of sp³-hybridized carbons (Fsp3) is 0.565. The van der Waals surface area contributed by atoms with E-state index in [1.807, 2.05) is 6.07 Å². The lowest BCUT2D eigenvalue weighted by atomic mass is 9.88. The summed E-state index contributed by atoms with van der Waals surface area (Å²) < 4.78 is 39.2. The Kier molecular flexibility index (Phi) is 6.00. The molecule has 1 aliphatic carbocycles. The molecule has 162 valence electrons. The van der Waals surface area contributed by atoms with E-state index in [0.29, 0.717) is 12.5 Å². The molecule has 0 atom stereocenters. The molecule has 0 bridgehead atoms. The van der Waals surface area contributed by atoms with Crippen molar-refractivity contribution in [3.8, 4) is 0 Å². The summed E-state index contributed by atoms with van der Waals surface area (Å²) in [5.74, 6) is 2.56. The summed E-state index contributed by atoms with van der Waals surface area (Å²) in [4.78, 5) is 12.1. The van der Waals surface area contributed by atoms with E-state index in [1.165, 1.54) is 12.1 Å². The summed E-state index contributed by atoms with van der Waals surface area (Å²) >= 11 is 0. The van der Waals surface area contributed by atoms with Gasteiger partial charge in [0.2, 0.25) is 0 Å². The third kappa shape index (κ3) is 4.46. The van der Waals surface area contributed by atoms with Crippen LogP contribution in [-0.2, 0) is 19.0 Å². The number of aromatic nitrogens is 2. The Hall–Kier alpha value is -2.15. The van der Waals surface area contributed by atoms with Crippen LogP contribution in [0.5, 0.6) is 0 Å². The number of nitrogens with zero attached hydrogens (tertiary/aromatic N) is 3. The second kappa shape index (κ2) is 8.53. The maximum absolute atomic E-state index is 13.1. The van der Waals surface area contributed by atoms with E-state index in [-0.39, 0.29) is 5.92 Å². The Labute approximate surface area is 175 Å². The molecule has 0 unspecified atom stereocenters. The van der Waals surface area contributed by atoms with Gasteiger partial charge in [-0.05, 0) is 62.6 Å². The highest BCUT2D eigenvalue weighted by molar-refractivity contribution is 5.51. The number of anilines is 1. The van der Waals surface area contributed by atoms with E-state index in [2.05, 4.69) is 11.8 Å². The molecule has 2 fully saturated rings. The summed E-state index contributed by atoms with van der Waals surface area (Å²) in [6.45, 7) is 4.22. The minimum absolute atomic E-state index is 0.136. The van der Waals surface area contributed by atoms with Crippen molar-refractivity contribution >= 4 is 5.82 Å². The van der Waals surface area contributed by atoms with Gasteiger partial charge in [0.25, 0.3) is 0 Å². The number of halogens is 3. The first-order valence-corrected chi connectivity index (χ1v) is 10.9. The molecule has 1 aliphatic heterocycles. The topological polar surface area (TPSA) is 55.0 Å². The zero-order chi connectivity index (χ0) is 21.3. The zero-order valence-electron chi connectivity index (χ0n) is 17.4. The van der Waals surface area contributed by atoms with Crippen molar-refractivity contribution in [1.82, 2.24) is 9.97 Å². The largest absolute Gasteiger partial charge is 0.416 e. The maximum atomic E-state index is 13.1. The van der Waals surface area contributed by atoms with E-state index in [9.17, 15) is 13.2 Å². The summed E-state index contributed by atoms with van der Waals surface area (Å²) in [6.07, 6.45) is 1.22. The summed E-state index contributed by atoms with van der Waals surface area (Å²) in [5, 5.41) is 0. The number of aryl methyl sites for hydroxylation is 1. The molecule has 0 amide bonds. The maximum Gasteiger partial charge on any atom is 0.416 e. The van der Waals surface area contributed by atoms with Crippen molar-refractivity contribution in [3.63, 3.8) is 0 Å². The molecule has 2 aliphatic rings. The van der Waals surface area contributed by atoms with Crippen LogP contribution in [0.4, 0.5) is 19.0 Å². The first-order valence-electron chi connectivity index (χ1n) is 10.9. The highest BCUT2D eigenvalue weighted by Gasteiger charge is 2.33. The minimum atomic E-state index is -4.30. The Morgan fingerprint density at radius 1 is 1.07 bits per heavy atom. The van der Waals surface area contributed by atoms with Crippen LogP contribution < -0.4 is 10.6 Å². The van der Waals surface area contributed by atoms with E-state index >= 15 is 0 Å². The van der Waals surface area contributed by atoms with Crippen LogP contribution >= 0.6 is 0 Å². The quantitative estimate of drug-likeness (QED) is 0.731. The van der Waals surface area contributed by atoms with Gasteiger partial charge in [-0.3, -0.25) is 0 Å². The fourth-order valence-corrected chi connectivity index (χ4v) is 4.41. The number of hydrogen-bond donors (Lipinski definition) is 1. The molecule has 4 nitrogen and oxygen atoms in total. The number of alkyl halides is 3. The Morgan fingerprint density at radius 2 is 1.80 bits per heavy atom. The molecule has 2 aromatic rings. The van der Waals surface area contributed by atoms with E-state index in [1.54, 1.807) is 0 Å². The van der Waals surface area contributed by atoms with Crippen LogP contribution in [0, 0.1) is 0 Å². The number of hydrogen-bond acceptors (Lipinski definition) is 4. The lowest BCUT2D eigenvalue weighted by molar-refractivity contribution is -0.137. The summed E-state index contributed by atoms with van der Waals surface area (Å²) in [5.41, 5.74) is 8.32. The predicted molar refractivity (Wildman–Crippen MR) is 112 cm³/mol. The Bertz CT molecular complexity index is 885. The standard InChI is InChI=1S/C23H29F3N4/c1-2-20-19(8-11-27)22(29-21(28-20)16-6-7-16)30-12-9-15(10-13-30)17-4-3-5-18(14-17)23(24,25)26/h3-5,14-16H,2,6-13,27H2,1H3. The third-order valence-electron chi connectivity index (χ3n) is 6.24. The van der Waals surface area contributed by atoms with Crippen LogP contribution in [0.25, 0.3) is 0 Å². The predicted octanol–water partition coefficient (Wildman–Crippen LogP) is 4.82. The third-order valence-corrected chi connectivity index (χ3v) is 6.24. The van der Waals surface area contributed by atoms with Gasteiger partial charge >= 0.3 is 6.18 Å². The Balaban J connectivity index is 1.55. The number of nitrogens with two attached hydrogens (primary N) is 1. The molecular formula is C23H29F3N4. The van der Waals surface area contributed by atoms with Gasteiger partial charge < -0.3 is 10.6 Å². The molecule has 30 heavy (non-hydrogen) atoms. The van der Waals surface area contributed by atoms with Crippen molar-refractivity contribution in [1.29, 1.82) is 0 Å². The SMILES string of the molecule is CCc1nc(C2CC2)nc(N2CCC(c3cccc(C(F)(F)F)c3)CC2)c1CCN. The first kappa shape index (κ1) is 21.1. The van der Waals surface area contributed by atoms with Gasteiger partial charge in [0.05, 0.1) is 5.56 Å². The van der Waals surface area contributed by atoms with Crippen LogP contribution in [0.15, 0.2) is 24.3 Å². The normalized spacial score (nSPS) is 18.1. The molecule has 0 spiro atoms. The second-order valence-electron chi connectivity index (χ2n) is 8.38. The highest BCUT2D eigenvalue weighted by Crippen LogP contribution is 2.40. The van der Waals surface area contributed by atoms with E-state index < -0.39 is 11.7 Å². The van der Waals surface area contributed by atoms with Crippen LogP contribution in [0.2, 0.25) is 0 Å². The van der Waals surface area contributed by atoms with Crippen molar-refractivity contribution in [2.45, 2.75) is 63.5 Å². The molecule has 4 rings (SSSR count). The molecule has 2 heterocycles. The molecule has 1 aromatic heterocycles. The lowest BCUT2D eigenvalue weighted by Crippen LogP contribution is -2.35. The van der Waals surface area contributed by atoms with Gasteiger partial charge in [-0.15, -0.1) is 0 Å². The monoisotopic (exact) mass is 418 g/mol. The van der Waals surface area contributed by atoms with Crippen LogP contribution in [0.3, 0.4) is 0 Å². The average molecular weight is 419 g/mol. The number of benzene rings is 1. The molecule has 2 N–H and O–H groups in total. The minimum Gasteiger partial charge on any atom is -0.356 e. The first-order chi connectivity index (χ1) is 14.4. The van der Waals surface area contributed by atoms with Crippen LogP contribution in [0.1, 0.15) is 72.7 Å². The summed E-state index contributed by atoms with van der Waals surface area (Å²) in [6, 6.07) is 5.79. The van der Waals surface area contributed by atoms with E-state index in [0.717, 1.165) is 86.1 Å². The number of rotatable bonds is 6. The summed E-state index contributed by atoms with van der Waals surface area (Å²) in [7, 11) is 0. The second-order valence-corrected chi connectivity index (χ2v) is 8.38. The smallest absolute Gasteiger partial charge is 0.356 e. The van der Waals surface area contributed by atoms with Crippen molar-refractivity contribution in [2.75, 3.05) is 24.5 Å². The molecule has 7 heteroatoms. The van der Waals surface area contributed by atoms with Gasteiger partial charge in [0, 0.05) is 30.3 Å². The van der Waals surface area contributed by atoms with Crippen molar-refractivity contribution < 1.29 is 13.2 Å².